The molecule has 7 heteroatoms. The van der Waals surface area contributed by atoms with E-state index in [1.165, 1.54) is 28.4 Å². The molecule has 94 valence electrons. The molecule has 0 amide bonds. The highest BCUT2D eigenvalue weighted by Crippen LogP contribution is 2.35. The van der Waals surface area contributed by atoms with Gasteiger partial charge in [-0.1, -0.05) is 42.2 Å². The number of unbranched alkanes of at least 4 members (excludes halogenated alkanes) is 1. The predicted octanol–water partition coefficient (Wildman–Crippen LogP) is 4.42. The fourth-order valence-corrected chi connectivity index (χ4v) is 1.91. The van der Waals surface area contributed by atoms with Crippen molar-refractivity contribution >= 4 is 24.8 Å². The summed E-state index contributed by atoms with van der Waals surface area (Å²) < 4.78 is 34.4. The fourth-order valence-electron chi connectivity index (χ4n) is 1.22. The Bertz CT molecular complexity index is 190. The van der Waals surface area contributed by atoms with E-state index in [0.29, 0.717) is 12.5 Å². The summed E-state index contributed by atoms with van der Waals surface area (Å²) in [7, 11) is -0.812. The zero-order chi connectivity index (χ0) is 12.8. The molecule has 0 aromatic carbocycles. The first-order chi connectivity index (χ1) is 7.74. The Morgan fingerprint density at radius 2 is 2.00 bits per heavy atom. The Balaban J connectivity index is 0. The molecule has 0 saturated heterocycles. The molecule has 0 rings (SSSR count). The second-order valence-electron chi connectivity index (χ2n) is 3.35. The summed E-state index contributed by atoms with van der Waals surface area (Å²) in [6.07, 6.45) is 4.80. The largest absolute Gasteiger partial charge is 0.464 e. The average Bonchev–Trinajstić information content (AvgIpc) is 2.35. The summed E-state index contributed by atoms with van der Waals surface area (Å²) in [6.45, 7) is 4.95. The third-order valence-electron chi connectivity index (χ3n) is 2.19. The maximum Gasteiger partial charge on any atom is 0.464 e. The highest BCUT2D eigenvalue weighted by atomic mass is 32.0. The lowest BCUT2D eigenvalue weighted by molar-refractivity contribution is 0.129. The lowest BCUT2D eigenvalue weighted by Gasteiger charge is -2.12. The van der Waals surface area contributed by atoms with Gasteiger partial charge in [0.2, 0.25) is 0 Å². The van der Waals surface area contributed by atoms with Crippen molar-refractivity contribution in [3.8, 4) is 0 Å². The van der Waals surface area contributed by atoms with Crippen LogP contribution in [0.3, 0.4) is 0 Å². The molecule has 0 spiro atoms. The maximum atomic E-state index is 10.8. The molecule has 0 radical (unpaired) electrons. The molecule has 3 unspecified atom stereocenters. The lowest BCUT2D eigenvalue weighted by atomic mass is 10.0. The highest BCUT2D eigenvalue weighted by molar-refractivity contribution is 8.09. The van der Waals surface area contributed by atoms with Gasteiger partial charge < -0.3 is 4.74 Å². The molecule has 0 bridgehead atoms. The van der Waals surface area contributed by atoms with E-state index in [1.54, 1.807) is 0 Å². The summed E-state index contributed by atoms with van der Waals surface area (Å²) in [6, 6.07) is 0. The molecule has 16 heavy (non-hydrogen) atoms. The van der Waals surface area contributed by atoms with Crippen LogP contribution in [0.4, 0.5) is 0 Å². The van der Waals surface area contributed by atoms with Crippen LogP contribution in [0, 0.1) is 5.92 Å². The molecule has 0 aromatic rings. The molecule has 0 N–H and O–H groups in total. The fraction of sp³-hybridized carbons (Fsp3) is 1.00. The Hall–Kier alpha value is 0.260. The van der Waals surface area contributed by atoms with Crippen molar-refractivity contribution in [2.45, 2.75) is 39.5 Å². The minimum atomic E-state index is -1.68. The van der Waals surface area contributed by atoms with Gasteiger partial charge in [-0.05, 0) is 12.3 Å². The zero-order valence-corrected chi connectivity index (χ0v) is 12.9. The average molecular weight is 286 g/mol. The second-order valence-corrected chi connectivity index (χ2v) is 6.30. The minimum absolute atomic E-state index is 0.128. The molecule has 0 fully saturated rings. The van der Waals surface area contributed by atoms with Crippen molar-refractivity contribution in [3.63, 3.8) is 0 Å². The number of ether oxygens (including phenoxy) is 1. The van der Waals surface area contributed by atoms with Crippen molar-refractivity contribution in [1.29, 1.82) is 0 Å². The zero-order valence-electron chi connectivity index (χ0n) is 9.92. The molecular formula is C9H21O4P3+2. The molecule has 0 aliphatic heterocycles. The van der Waals surface area contributed by atoms with Gasteiger partial charge in [0, 0.05) is 0 Å². The number of hydrogen-bond acceptors (Lipinski definition) is 4. The molecule has 0 aliphatic rings. The third kappa shape index (κ3) is 12.3. The van der Waals surface area contributed by atoms with Crippen LogP contribution in [-0.4, -0.2) is 13.0 Å². The summed E-state index contributed by atoms with van der Waals surface area (Å²) in [5, 5.41) is 0. The van der Waals surface area contributed by atoms with Crippen molar-refractivity contribution in [2.24, 2.45) is 5.92 Å². The SMILES string of the molecule is CCCCC(CC)COC[P+](=O)P=O.O=[PH2+]. The van der Waals surface area contributed by atoms with Crippen LogP contribution < -0.4 is 0 Å². The van der Waals surface area contributed by atoms with Gasteiger partial charge in [-0.15, -0.1) is 0 Å². The standard InChI is InChI=1S/C9H19O3P2.H2OP/c1-3-5-6-9(4-2)7-12-8-14(11)13-10;1-2/h9H,3-8H2,1-2H3;2H2/q2*+1. The Kier molecular flexibility index (Phi) is 17.8. The van der Waals surface area contributed by atoms with E-state index in [4.69, 9.17) is 9.30 Å². The smallest absolute Gasteiger partial charge is 0.336 e. The second kappa shape index (κ2) is 15.3. The van der Waals surface area contributed by atoms with Gasteiger partial charge in [-0.3, -0.25) is 0 Å². The van der Waals surface area contributed by atoms with Crippen LogP contribution >= 0.6 is 24.8 Å². The van der Waals surface area contributed by atoms with Gasteiger partial charge in [0.05, 0.1) is 6.61 Å². The quantitative estimate of drug-likeness (QED) is 0.589. The van der Waals surface area contributed by atoms with E-state index in [0.717, 1.165) is 6.42 Å². The van der Waals surface area contributed by atoms with E-state index >= 15 is 0 Å². The topological polar surface area (TPSA) is 60.4 Å². The Labute approximate surface area is 102 Å². The van der Waals surface area contributed by atoms with Gasteiger partial charge in [-0.2, -0.15) is 0 Å². The first-order valence-electron chi connectivity index (χ1n) is 5.33. The lowest BCUT2D eigenvalue weighted by Crippen LogP contribution is -2.08. The molecule has 3 atom stereocenters. The van der Waals surface area contributed by atoms with Crippen molar-refractivity contribution in [3.05, 3.63) is 0 Å². The highest BCUT2D eigenvalue weighted by Gasteiger charge is 2.16. The summed E-state index contributed by atoms with van der Waals surface area (Å²) in [5.41, 5.74) is 0. The number of rotatable bonds is 9. The summed E-state index contributed by atoms with van der Waals surface area (Å²) >= 11 is 0. The molecule has 0 heterocycles. The normalized spacial score (nSPS) is 12.8. The minimum Gasteiger partial charge on any atom is -0.336 e. The van der Waals surface area contributed by atoms with Crippen LogP contribution in [0.1, 0.15) is 39.5 Å². The molecule has 0 aliphatic carbocycles. The van der Waals surface area contributed by atoms with Crippen LogP contribution in [-0.2, 0) is 18.4 Å². The summed E-state index contributed by atoms with van der Waals surface area (Å²) in [4.78, 5) is 0. The predicted molar refractivity (Wildman–Crippen MR) is 69.7 cm³/mol. The summed E-state index contributed by atoms with van der Waals surface area (Å²) in [5.74, 6) is 0.557. The van der Waals surface area contributed by atoms with Crippen LogP contribution in [0.25, 0.3) is 0 Å². The monoisotopic (exact) mass is 286 g/mol. The van der Waals surface area contributed by atoms with Gasteiger partial charge >= 0.3 is 24.8 Å². The molecule has 0 aromatic heterocycles. The molecular weight excluding hydrogens is 265 g/mol. The van der Waals surface area contributed by atoms with Crippen LogP contribution in [0.5, 0.6) is 0 Å². The van der Waals surface area contributed by atoms with Gasteiger partial charge in [0.25, 0.3) is 6.35 Å². The van der Waals surface area contributed by atoms with Crippen LogP contribution in [0.15, 0.2) is 0 Å². The first-order valence-corrected chi connectivity index (χ1v) is 8.77. The molecule has 0 saturated carbocycles. The maximum absolute atomic E-state index is 10.8. The van der Waals surface area contributed by atoms with Crippen molar-refractivity contribution in [2.75, 3.05) is 13.0 Å². The number of hydrogen-bond donors (Lipinski definition) is 0. The Morgan fingerprint density at radius 1 is 1.38 bits per heavy atom. The third-order valence-corrected chi connectivity index (χ3v) is 3.67. The van der Waals surface area contributed by atoms with Gasteiger partial charge in [0.1, 0.15) is 0 Å². The van der Waals surface area contributed by atoms with E-state index in [2.05, 4.69) is 13.8 Å². The van der Waals surface area contributed by atoms with Gasteiger partial charge in [0.15, 0.2) is 0 Å². The van der Waals surface area contributed by atoms with Crippen LogP contribution in [0.2, 0.25) is 0 Å². The van der Waals surface area contributed by atoms with Crippen molar-refractivity contribution < 1.29 is 18.4 Å². The van der Waals surface area contributed by atoms with E-state index in [9.17, 15) is 9.13 Å². The first kappa shape index (κ1) is 18.6. The van der Waals surface area contributed by atoms with E-state index < -0.39 is 7.49 Å². The Morgan fingerprint density at radius 3 is 2.44 bits per heavy atom. The van der Waals surface area contributed by atoms with E-state index in [1.807, 2.05) is 0 Å². The van der Waals surface area contributed by atoms with Gasteiger partial charge in [-0.25, -0.2) is 4.57 Å². The van der Waals surface area contributed by atoms with E-state index in [-0.39, 0.29) is 14.5 Å². The van der Waals surface area contributed by atoms with Crippen molar-refractivity contribution in [1.82, 2.24) is 0 Å². The molecule has 4 nitrogen and oxygen atoms in total.